The fourth-order valence-corrected chi connectivity index (χ4v) is 3.84. The van der Waals surface area contributed by atoms with E-state index in [4.69, 9.17) is 4.74 Å². The molecule has 166 valence electrons. The first kappa shape index (κ1) is 21.5. The molecule has 0 saturated heterocycles. The standard InChI is InChI=1S/C24H28N6O2/c1-16-15-18(29-24(31)28-17-7-4-3-5-8-17)10-11-21(16)32-22-19(9-6-13-26-22)20-12-14-27-23(25-2)30-20/h6,9-15,17H,3-5,7-8H2,1-2H3,(H,25,27,30)(H2,28,29,31). The predicted molar refractivity (Wildman–Crippen MR) is 125 cm³/mol. The van der Waals surface area contributed by atoms with Gasteiger partial charge in [0, 0.05) is 31.2 Å². The molecule has 3 aromatic rings. The van der Waals surface area contributed by atoms with Gasteiger partial charge in [-0.3, -0.25) is 0 Å². The van der Waals surface area contributed by atoms with Crippen LogP contribution >= 0.6 is 0 Å². The predicted octanol–water partition coefficient (Wildman–Crippen LogP) is 5.14. The zero-order chi connectivity index (χ0) is 22.3. The number of hydrogen-bond acceptors (Lipinski definition) is 6. The molecule has 32 heavy (non-hydrogen) atoms. The molecule has 1 aliphatic carbocycles. The van der Waals surface area contributed by atoms with Gasteiger partial charge in [-0.05, 0) is 61.7 Å². The van der Waals surface area contributed by atoms with Crippen molar-refractivity contribution in [1.82, 2.24) is 20.3 Å². The molecule has 0 aliphatic heterocycles. The molecule has 0 bridgehead atoms. The number of anilines is 2. The zero-order valence-electron chi connectivity index (χ0n) is 18.4. The van der Waals surface area contributed by atoms with Crippen LogP contribution in [0.1, 0.15) is 37.7 Å². The lowest BCUT2D eigenvalue weighted by atomic mass is 9.96. The first-order valence-corrected chi connectivity index (χ1v) is 10.9. The second-order valence-electron chi connectivity index (χ2n) is 7.89. The average molecular weight is 433 g/mol. The van der Waals surface area contributed by atoms with Gasteiger partial charge in [-0.2, -0.15) is 0 Å². The summed E-state index contributed by atoms with van der Waals surface area (Å²) in [5, 5.41) is 8.93. The van der Waals surface area contributed by atoms with Crippen LogP contribution in [0, 0.1) is 6.92 Å². The van der Waals surface area contributed by atoms with E-state index in [1.807, 2.05) is 43.3 Å². The normalized spacial score (nSPS) is 13.9. The number of nitrogens with zero attached hydrogens (tertiary/aromatic N) is 3. The van der Waals surface area contributed by atoms with Crippen LogP contribution in [-0.4, -0.2) is 34.1 Å². The summed E-state index contributed by atoms with van der Waals surface area (Å²) in [5.74, 6) is 1.63. The van der Waals surface area contributed by atoms with Gasteiger partial charge < -0.3 is 20.7 Å². The Hall–Kier alpha value is -3.68. The molecule has 1 saturated carbocycles. The van der Waals surface area contributed by atoms with E-state index >= 15 is 0 Å². The molecule has 2 aromatic heterocycles. The number of carbonyl (C=O) groups is 1. The number of aryl methyl sites for hydroxylation is 1. The van der Waals surface area contributed by atoms with Crippen LogP contribution in [0.5, 0.6) is 11.6 Å². The largest absolute Gasteiger partial charge is 0.438 e. The third-order valence-corrected chi connectivity index (χ3v) is 5.51. The van der Waals surface area contributed by atoms with Gasteiger partial charge in [0.2, 0.25) is 11.8 Å². The van der Waals surface area contributed by atoms with Crippen LogP contribution in [-0.2, 0) is 0 Å². The van der Waals surface area contributed by atoms with Gasteiger partial charge in [-0.15, -0.1) is 0 Å². The number of rotatable bonds is 6. The molecule has 1 aromatic carbocycles. The van der Waals surface area contributed by atoms with E-state index in [1.54, 1.807) is 19.4 Å². The number of pyridine rings is 1. The molecule has 0 radical (unpaired) electrons. The molecule has 8 nitrogen and oxygen atoms in total. The van der Waals surface area contributed by atoms with E-state index in [0.717, 1.165) is 29.7 Å². The average Bonchev–Trinajstić information content (AvgIpc) is 2.82. The second kappa shape index (κ2) is 10.1. The monoisotopic (exact) mass is 432 g/mol. The van der Waals surface area contributed by atoms with Crippen molar-refractivity contribution in [2.45, 2.75) is 45.1 Å². The van der Waals surface area contributed by atoms with E-state index < -0.39 is 0 Å². The third-order valence-electron chi connectivity index (χ3n) is 5.51. The van der Waals surface area contributed by atoms with Crippen molar-refractivity contribution in [1.29, 1.82) is 0 Å². The van der Waals surface area contributed by atoms with Crippen LogP contribution in [0.4, 0.5) is 16.4 Å². The van der Waals surface area contributed by atoms with E-state index in [-0.39, 0.29) is 12.1 Å². The lowest BCUT2D eigenvalue weighted by Crippen LogP contribution is -2.39. The fraction of sp³-hybridized carbons (Fsp3) is 0.333. The highest BCUT2D eigenvalue weighted by Gasteiger charge is 2.16. The number of carbonyl (C=O) groups excluding carboxylic acids is 1. The van der Waals surface area contributed by atoms with Crippen LogP contribution in [0.25, 0.3) is 11.3 Å². The number of hydrogen-bond donors (Lipinski definition) is 3. The topological polar surface area (TPSA) is 101 Å². The molecule has 8 heteroatoms. The Morgan fingerprint density at radius 1 is 1.06 bits per heavy atom. The minimum atomic E-state index is -0.166. The highest BCUT2D eigenvalue weighted by molar-refractivity contribution is 5.89. The number of amides is 2. The van der Waals surface area contributed by atoms with Crippen molar-refractivity contribution in [3.63, 3.8) is 0 Å². The summed E-state index contributed by atoms with van der Waals surface area (Å²) in [4.78, 5) is 25.4. The Bertz CT molecular complexity index is 1080. The number of benzene rings is 1. The highest BCUT2D eigenvalue weighted by Crippen LogP contribution is 2.32. The van der Waals surface area contributed by atoms with Gasteiger partial charge in [0.05, 0.1) is 11.3 Å². The lowest BCUT2D eigenvalue weighted by Gasteiger charge is -2.23. The molecular formula is C24H28N6O2. The fourth-order valence-electron chi connectivity index (χ4n) is 3.84. The second-order valence-corrected chi connectivity index (χ2v) is 7.89. The van der Waals surface area contributed by atoms with Crippen LogP contribution < -0.4 is 20.7 Å². The number of ether oxygens (including phenoxy) is 1. The Balaban J connectivity index is 1.47. The van der Waals surface area contributed by atoms with Crippen molar-refractivity contribution in [2.24, 2.45) is 0 Å². The zero-order valence-corrected chi connectivity index (χ0v) is 18.4. The Kier molecular flexibility index (Phi) is 6.79. The maximum Gasteiger partial charge on any atom is 0.319 e. The molecule has 4 rings (SSSR count). The summed E-state index contributed by atoms with van der Waals surface area (Å²) < 4.78 is 6.13. The van der Waals surface area contributed by atoms with Crippen LogP contribution in [0.3, 0.4) is 0 Å². The summed E-state index contributed by atoms with van der Waals surface area (Å²) in [6.45, 7) is 1.94. The SMILES string of the molecule is CNc1nccc(-c2cccnc2Oc2ccc(NC(=O)NC3CCCCC3)cc2C)n1. The van der Waals surface area contributed by atoms with Crippen molar-refractivity contribution < 1.29 is 9.53 Å². The molecular weight excluding hydrogens is 404 g/mol. The smallest absolute Gasteiger partial charge is 0.319 e. The maximum absolute atomic E-state index is 12.3. The van der Waals surface area contributed by atoms with Gasteiger partial charge in [0.15, 0.2) is 0 Å². The molecule has 2 amide bonds. The summed E-state index contributed by atoms with van der Waals surface area (Å²) in [6, 6.07) is 11.2. The van der Waals surface area contributed by atoms with Crippen molar-refractivity contribution >= 4 is 17.7 Å². The first-order valence-electron chi connectivity index (χ1n) is 10.9. The van der Waals surface area contributed by atoms with Gasteiger partial charge in [-0.1, -0.05) is 19.3 Å². The molecule has 0 spiro atoms. The number of urea groups is 1. The highest BCUT2D eigenvalue weighted by atomic mass is 16.5. The van der Waals surface area contributed by atoms with Crippen LogP contribution in [0.2, 0.25) is 0 Å². The Morgan fingerprint density at radius 2 is 1.91 bits per heavy atom. The molecule has 2 heterocycles. The molecule has 1 aliphatic rings. The van der Waals surface area contributed by atoms with Gasteiger partial charge in [0.25, 0.3) is 0 Å². The van der Waals surface area contributed by atoms with E-state index in [9.17, 15) is 4.79 Å². The molecule has 1 fully saturated rings. The van der Waals surface area contributed by atoms with Crippen molar-refractivity contribution in [2.75, 3.05) is 17.7 Å². The van der Waals surface area contributed by atoms with Crippen LogP contribution in [0.15, 0.2) is 48.8 Å². The summed E-state index contributed by atoms with van der Waals surface area (Å²) in [6.07, 6.45) is 9.08. The number of nitrogens with one attached hydrogen (secondary N) is 3. The quantitative estimate of drug-likeness (QED) is 0.499. The van der Waals surface area contributed by atoms with Crippen molar-refractivity contribution in [3.05, 3.63) is 54.4 Å². The maximum atomic E-state index is 12.3. The van der Waals surface area contributed by atoms with Crippen molar-refractivity contribution in [3.8, 4) is 22.9 Å². The molecule has 0 atom stereocenters. The minimum Gasteiger partial charge on any atom is -0.438 e. The van der Waals surface area contributed by atoms with E-state index in [1.165, 1.54) is 19.3 Å². The molecule has 3 N–H and O–H groups in total. The van der Waals surface area contributed by atoms with Gasteiger partial charge >= 0.3 is 6.03 Å². The summed E-state index contributed by atoms with van der Waals surface area (Å²) in [5.41, 5.74) is 3.08. The first-order chi connectivity index (χ1) is 15.6. The third kappa shape index (κ3) is 5.32. The number of aromatic nitrogens is 3. The van der Waals surface area contributed by atoms with Gasteiger partial charge in [0.1, 0.15) is 5.75 Å². The Labute approximate surface area is 187 Å². The van der Waals surface area contributed by atoms with Gasteiger partial charge in [-0.25, -0.2) is 19.7 Å². The van der Waals surface area contributed by atoms with E-state index in [0.29, 0.717) is 23.3 Å². The van der Waals surface area contributed by atoms with E-state index in [2.05, 4.69) is 30.9 Å². The lowest BCUT2D eigenvalue weighted by molar-refractivity contribution is 0.244. The summed E-state index contributed by atoms with van der Waals surface area (Å²) >= 11 is 0. The summed E-state index contributed by atoms with van der Waals surface area (Å²) in [7, 11) is 1.77. The molecule has 0 unspecified atom stereocenters. The Morgan fingerprint density at radius 3 is 2.69 bits per heavy atom. The minimum absolute atomic E-state index is 0.166.